The van der Waals surface area contributed by atoms with Crippen molar-refractivity contribution in [3.8, 4) is 22.5 Å². The Kier molecular flexibility index (Phi) is 5.22. The highest BCUT2D eigenvalue weighted by atomic mass is 19.1. The van der Waals surface area contributed by atoms with Crippen LogP contribution in [-0.4, -0.2) is 51.0 Å². The van der Waals surface area contributed by atoms with Gasteiger partial charge in [-0.25, -0.2) is 9.37 Å². The van der Waals surface area contributed by atoms with Gasteiger partial charge < -0.3 is 15.1 Å². The summed E-state index contributed by atoms with van der Waals surface area (Å²) >= 11 is 0. The lowest BCUT2D eigenvalue weighted by atomic mass is 10.0. The van der Waals surface area contributed by atoms with Crippen molar-refractivity contribution in [2.75, 3.05) is 32.0 Å². The van der Waals surface area contributed by atoms with E-state index in [0.717, 1.165) is 64.5 Å². The summed E-state index contributed by atoms with van der Waals surface area (Å²) in [5.41, 5.74) is 9.66. The Labute approximate surface area is 196 Å². The molecule has 34 heavy (non-hydrogen) atoms. The standard InChI is InChI=1S/C26H25FN6O/c27-7-11-32-9-5-19(6-10-32)33-16-18(14-31-33)23-15-30-26(28)25-22(23)12-24(34-25)21-3-1-2-17-13-29-8-4-20(17)21/h1-4,8,12-16,19H,5-7,9-11H2,(H2,28,30). The summed E-state index contributed by atoms with van der Waals surface area (Å²) in [7, 11) is 0. The number of nitrogens with two attached hydrogens (primary N) is 1. The molecular weight excluding hydrogens is 431 g/mol. The summed E-state index contributed by atoms with van der Waals surface area (Å²) in [5.74, 6) is 1.10. The number of furan rings is 1. The molecule has 0 aliphatic carbocycles. The molecule has 0 radical (unpaired) electrons. The molecule has 6 rings (SSSR count). The monoisotopic (exact) mass is 456 g/mol. The van der Waals surface area contributed by atoms with Crippen LogP contribution in [0.3, 0.4) is 0 Å². The SMILES string of the molecule is Nc1ncc(-c2cnn(C3CCN(CCF)CC3)c2)c2cc(-c3cccc4cnccc34)oc12. The molecule has 5 aromatic rings. The van der Waals surface area contributed by atoms with Crippen molar-refractivity contribution in [3.05, 3.63) is 61.3 Å². The Morgan fingerprint density at radius 3 is 2.79 bits per heavy atom. The zero-order valence-electron chi connectivity index (χ0n) is 18.7. The van der Waals surface area contributed by atoms with E-state index in [4.69, 9.17) is 10.2 Å². The van der Waals surface area contributed by atoms with Crippen molar-refractivity contribution in [1.82, 2.24) is 24.6 Å². The van der Waals surface area contributed by atoms with Gasteiger partial charge in [-0.2, -0.15) is 5.10 Å². The molecule has 0 atom stereocenters. The molecule has 0 unspecified atom stereocenters. The number of benzene rings is 1. The van der Waals surface area contributed by atoms with E-state index in [1.807, 2.05) is 47.4 Å². The number of piperidine rings is 1. The fourth-order valence-corrected chi connectivity index (χ4v) is 4.95. The zero-order chi connectivity index (χ0) is 23.1. The summed E-state index contributed by atoms with van der Waals surface area (Å²) in [6, 6.07) is 10.4. The first kappa shape index (κ1) is 20.8. The number of hydrogen-bond acceptors (Lipinski definition) is 6. The molecule has 0 bridgehead atoms. The Morgan fingerprint density at radius 1 is 1.06 bits per heavy atom. The van der Waals surface area contributed by atoms with Crippen molar-refractivity contribution in [2.24, 2.45) is 0 Å². The first-order chi connectivity index (χ1) is 16.7. The number of nitrogens with zero attached hydrogens (tertiary/aromatic N) is 5. The number of halogens is 1. The van der Waals surface area contributed by atoms with Crippen molar-refractivity contribution < 1.29 is 8.81 Å². The van der Waals surface area contributed by atoms with Crippen LogP contribution in [-0.2, 0) is 0 Å². The van der Waals surface area contributed by atoms with Crippen LogP contribution in [0, 0.1) is 0 Å². The molecule has 0 amide bonds. The van der Waals surface area contributed by atoms with Gasteiger partial charge in [0.05, 0.1) is 12.2 Å². The summed E-state index contributed by atoms with van der Waals surface area (Å²) in [6.07, 6.45) is 11.3. The average molecular weight is 457 g/mol. The second kappa shape index (κ2) is 8.53. The van der Waals surface area contributed by atoms with Crippen molar-refractivity contribution in [3.63, 3.8) is 0 Å². The number of likely N-dealkylation sites (tertiary alicyclic amines) is 1. The Bertz CT molecular complexity index is 1460. The maximum atomic E-state index is 12.6. The smallest absolute Gasteiger partial charge is 0.177 e. The molecule has 0 saturated carbocycles. The van der Waals surface area contributed by atoms with Gasteiger partial charge in [0.1, 0.15) is 12.4 Å². The second-order valence-corrected chi connectivity index (χ2v) is 8.78. The lowest BCUT2D eigenvalue weighted by Crippen LogP contribution is -2.36. The maximum Gasteiger partial charge on any atom is 0.177 e. The van der Waals surface area contributed by atoms with Gasteiger partial charge in [-0.15, -0.1) is 0 Å². The lowest BCUT2D eigenvalue weighted by molar-refractivity contribution is 0.169. The predicted molar refractivity (Wildman–Crippen MR) is 131 cm³/mol. The van der Waals surface area contributed by atoms with Crippen molar-refractivity contribution in [1.29, 1.82) is 0 Å². The normalized spacial score (nSPS) is 15.4. The van der Waals surface area contributed by atoms with Crippen LogP contribution >= 0.6 is 0 Å². The van der Waals surface area contributed by atoms with Crippen LogP contribution in [0.1, 0.15) is 18.9 Å². The first-order valence-corrected chi connectivity index (χ1v) is 11.6. The summed E-state index contributed by atoms with van der Waals surface area (Å²) in [4.78, 5) is 10.8. The molecule has 0 spiro atoms. The molecule has 8 heteroatoms. The van der Waals surface area contributed by atoms with Gasteiger partial charge in [-0.3, -0.25) is 9.67 Å². The van der Waals surface area contributed by atoms with Gasteiger partial charge in [0, 0.05) is 71.9 Å². The third kappa shape index (κ3) is 3.60. The number of rotatable bonds is 5. The van der Waals surface area contributed by atoms with Crippen LogP contribution in [0.4, 0.5) is 10.2 Å². The number of fused-ring (bicyclic) bond motifs is 2. The minimum absolute atomic E-state index is 0.293. The molecule has 1 aliphatic rings. The Balaban J connectivity index is 1.37. The van der Waals surface area contributed by atoms with E-state index in [1.165, 1.54) is 0 Å². The van der Waals surface area contributed by atoms with E-state index in [1.54, 1.807) is 12.4 Å². The highest BCUT2D eigenvalue weighted by Crippen LogP contribution is 2.38. The molecule has 2 N–H and O–H groups in total. The van der Waals surface area contributed by atoms with Gasteiger partial charge in [-0.05, 0) is 30.4 Å². The highest BCUT2D eigenvalue weighted by Gasteiger charge is 2.22. The molecule has 1 aromatic carbocycles. The molecule has 1 aliphatic heterocycles. The Morgan fingerprint density at radius 2 is 1.94 bits per heavy atom. The minimum Gasteiger partial charge on any atom is -0.452 e. The second-order valence-electron chi connectivity index (χ2n) is 8.78. The summed E-state index contributed by atoms with van der Waals surface area (Å²) in [6.45, 7) is 2.01. The van der Waals surface area contributed by atoms with Crippen LogP contribution in [0.2, 0.25) is 0 Å². The van der Waals surface area contributed by atoms with Gasteiger partial charge in [0.15, 0.2) is 11.4 Å². The fraction of sp³-hybridized carbons (Fsp3) is 0.269. The number of anilines is 1. The fourth-order valence-electron chi connectivity index (χ4n) is 4.95. The average Bonchev–Trinajstić information content (AvgIpc) is 3.53. The largest absolute Gasteiger partial charge is 0.452 e. The van der Waals surface area contributed by atoms with Crippen molar-refractivity contribution >= 4 is 27.6 Å². The van der Waals surface area contributed by atoms with Crippen LogP contribution < -0.4 is 5.73 Å². The maximum absolute atomic E-state index is 12.6. The topological polar surface area (TPSA) is 86.0 Å². The van der Waals surface area contributed by atoms with E-state index < -0.39 is 0 Å². The van der Waals surface area contributed by atoms with E-state index >= 15 is 0 Å². The van der Waals surface area contributed by atoms with E-state index in [0.29, 0.717) is 24.0 Å². The first-order valence-electron chi connectivity index (χ1n) is 11.6. The summed E-state index contributed by atoms with van der Waals surface area (Å²) in [5, 5.41) is 7.67. The lowest BCUT2D eigenvalue weighted by Gasteiger charge is -2.31. The summed E-state index contributed by atoms with van der Waals surface area (Å²) < 4.78 is 20.9. The van der Waals surface area contributed by atoms with Crippen LogP contribution in [0.15, 0.2) is 65.7 Å². The predicted octanol–water partition coefficient (Wildman–Crippen LogP) is 5.10. The third-order valence-corrected chi connectivity index (χ3v) is 6.78. The number of aromatic nitrogens is 4. The molecule has 1 saturated heterocycles. The molecular formula is C26H25FN6O. The number of hydrogen-bond donors (Lipinski definition) is 1. The molecule has 5 heterocycles. The number of pyridine rings is 2. The van der Waals surface area contributed by atoms with Crippen molar-refractivity contribution in [2.45, 2.75) is 18.9 Å². The van der Waals surface area contributed by atoms with Gasteiger partial charge in [0.25, 0.3) is 0 Å². The molecule has 1 fully saturated rings. The van der Waals surface area contributed by atoms with Crippen LogP contribution in [0.5, 0.6) is 0 Å². The molecule has 7 nitrogen and oxygen atoms in total. The molecule has 172 valence electrons. The highest BCUT2D eigenvalue weighted by molar-refractivity contribution is 6.03. The van der Waals surface area contributed by atoms with Gasteiger partial charge in [-0.1, -0.05) is 18.2 Å². The molecule has 4 aromatic heterocycles. The van der Waals surface area contributed by atoms with E-state index in [-0.39, 0.29) is 6.67 Å². The van der Waals surface area contributed by atoms with E-state index in [2.05, 4.69) is 26.2 Å². The quantitative estimate of drug-likeness (QED) is 0.396. The third-order valence-electron chi connectivity index (χ3n) is 6.78. The zero-order valence-corrected chi connectivity index (χ0v) is 18.7. The Hall–Kier alpha value is -3.78. The van der Waals surface area contributed by atoms with Gasteiger partial charge >= 0.3 is 0 Å². The van der Waals surface area contributed by atoms with Gasteiger partial charge in [0.2, 0.25) is 0 Å². The minimum atomic E-state index is -0.293. The number of alkyl halides is 1. The number of nitrogen functional groups attached to an aromatic ring is 1. The van der Waals surface area contributed by atoms with E-state index in [9.17, 15) is 4.39 Å². The van der Waals surface area contributed by atoms with Crippen LogP contribution in [0.25, 0.3) is 44.2 Å².